The Morgan fingerprint density at radius 3 is 2.26 bits per heavy atom. The molecule has 172 valence electrons. The van der Waals surface area contributed by atoms with Crippen molar-refractivity contribution in [2.75, 3.05) is 13.1 Å². The van der Waals surface area contributed by atoms with Gasteiger partial charge in [0.15, 0.2) is 0 Å². The van der Waals surface area contributed by atoms with Crippen LogP contribution in [0.4, 0.5) is 0 Å². The summed E-state index contributed by atoms with van der Waals surface area (Å²) in [6.07, 6.45) is 7.91. The van der Waals surface area contributed by atoms with Gasteiger partial charge in [-0.1, -0.05) is 46.0 Å². The van der Waals surface area contributed by atoms with Crippen LogP contribution in [0.15, 0.2) is 12.1 Å². The van der Waals surface area contributed by atoms with Crippen molar-refractivity contribution < 1.29 is 24.9 Å². The van der Waals surface area contributed by atoms with Gasteiger partial charge in [0.1, 0.15) is 17.5 Å². The van der Waals surface area contributed by atoms with Crippen molar-refractivity contribution in [2.45, 2.75) is 83.2 Å². The van der Waals surface area contributed by atoms with Crippen LogP contribution in [0.1, 0.15) is 87.1 Å². The van der Waals surface area contributed by atoms with Gasteiger partial charge in [-0.15, -0.1) is 0 Å². The zero-order valence-corrected chi connectivity index (χ0v) is 18.6. The molecule has 1 aliphatic heterocycles. The van der Waals surface area contributed by atoms with Crippen molar-refractivity contribution in [3.8, 4) is 11.5 Å². The van der Waals surface area contributed by atoms with Crippen LogP contribution in [0.3, 0.4) is 0 Å². The van der Waals surface area contributed by atoms with E-state index in [1.54, 1.807) is 11.0 Å². The van der Waals surface area contributed by atoms with Crippen LogP contribution in [0.2, 0.25) is 0 Å². The molecule has 0 spiro atoms. The first-order valence-electron chi connectivity index (χ1n) is 11.6. The van der Waals surface area contributed by atoms with Crippen molar-refractivity contribution in [2.24, 2.45) is 5.92 Å². The molecule has 0 aromatic heterocycles. The third-order valence-corrected chi connectivity index (χ3v) is 6.81. The van der Waals surface area contributed by atoms with Crippen LogP contribution in [0.5, 0.6) is 11.5 Å². The number of carboxylic acid groups (broad SMARTS) is 1. The second kappa shape index (κ2) is 10.4. The van der Waals surface area contributed by atoms with Crippen LogP contribution in [0.25, 0.3) is 0 Å². The number of likely N-dealkylation sites (tertiary alicyclic amines) is 1. The van der Waals surface area contributed by atoms with Crippen molar-refractivity contribution >= 4 is 11.9 Å². The zero-order chi connectivity index (χ0) is 22.5. The lowest BCUT2D eigenvalue weighted by Crippen LogP contribution is -2.50. The van der Waals surface area contributed by atoms with Crippen LogP contribution in [-0.4, -0.2) is 57.3 Å². The number of benzene rings is 1. The number of carboxylic acids is 1. The summed E-state index contributed by atoms with van der Waals surface area (Å²) in [5.74, 6) is -0.764. The van der Waals surface area contributed by atoms with Gasteiger partial charge in [-0.05, 0) is 42.7 Å². The van der Waals surface area contributed by atoms with Crippen LogP contribution in [0, 0.1) is 5.92 Å². The highest BCUT2D eigenvalue weighted by atomic mass is 16.4. The molecule has 7 nitrogen and oxygen atoms in total. The standard InChI is InChI=1S/C24H36N2O5/c1-15(2)18-13-19(22(28)14-21(18)27)23(29)26-10-8-17(9-11-26)25-20(24(30)31)12-16-6-4-3-5-7-16/h13-17,20,25,27-28H,3-12H2,1-2H3,(H,30,31)/t20-/m0/s1. The molecule has 0 radical (unpaired) electrons. The molecule has 0 bridgehead atoms. The van der Waals surface area contributed by atoms with Gasteiger partial charge in [0.05, 0.1) is 5.56 Å². The number of aliphatic carboxylic acids is 1. The van der Waals surface area contributed by atoms with Crippen molar-refractivity contribution in [1.29, 1.82) is 0 Å². The quantitative estimate of drug-likeness (QED) is 0.521. The molecule has 1 heterocycles. The minimum Gasteiger partial charge on any atom is -0.508 e. The van der Waals surface area contributed by atoms with Crippen molar-refractivity contribution in [3.05, 3.63) is 23.3 Å². The Kier molecular flexibility index (Phi) is 7.81. The Hall–Kier alpha value is -2.28. The highest BCUT2D eigenvalue weighted by Crippen LogP contribution is 2.33. The maximum absolute atomic E-state index is 13.0. The van der Waals surface area contributed by atoms with Gasteiger partial charge >= 0.3 is 5.97 Å². The second-order valence-electron chi connectivity index (χ2n) is 9.45. The van der Waals surface area contributed by atoms with E-state index in [1.807, 2.05) is 13.8 Å². The first-order chi connectivity index (χ1) is 14.8. The third kappa shape index (κ3) is 5.91. The number of amides is 1. The van der Waals surface area contributed by atoms with Crippen LogP contribution in [-0.2, 0) is 4.79 Å². The van der Waals surface area contributed by atoms with Gasteiger partial charge in [0, 0.05) is 25.2 Å². The normalized spacial score (nSPS) is 19.5. The van der Waals surface area contributed by atoms with Gasteiger partial charge in [-0.25, -0.2) is 0 Å². The molecule has 1 atom stereocenters. The number of rotatable bonds is 7. The lowest BCUT2D eigenvalue weighted by Gasteiger charge is -2.35. The van der Waals surface area contributed by atoms with Gasteiger partial charge in [0.2, 0.25) is 0 Å². The monoisotopic (exact) mass is 432 g/mol. The van der Waals surface area contributed by atoms with E-state index >= 15 is 0 Å². The number of hydrogen-bond donors (Lipinski definition) is 4. The zero-order valence-electron chi connectivity index (χ0n) is 18.6. The van der Waals surface area contributed by atoms with E-state index in [0.717, 1.165) is 12.8 Å². The van der Waals surface area contributed by atoms with E-state index in [-0.39, 0.29) is 34.9 Å². The smallest absolute Gasteiger partial charge is 0.320 e. The molecular weight excluding hydrogens is 396 g/mol. The lowest BCUT2D eigenvalue weighted by atomic mass is 9.84. The highest BCUT2D eigenvalue weighted by molar-refractivity contribution is 5.97. The molecular formula is C24H36N2O5. The SMILES string of the molecule is CC(C)c1cc(C(=O)N2CCC(N[C@@H](CC3CCCCC3)C(=O)O)CC2)c(O)cc1O. The molecule has 7 heteroatoms. The number of phenolic OH excluding ortho intramolecular Hbond substituents is 2. The van der Waals surface area contributed by atoms with Crippen LogP contribution >= 0.6 is 0 Å². The first kappa shape index (κ1) is 23.4. The van der Waals surface area contributed by atoms with Gasteiger partial charge in [-0.2, -0.15) is 0 Å². The summed E-state index contributed by atoms with van der Waals surface area (Å²) in [7, 11) is 0. The fourth-order valence-corrected chi connectivity index (χ4v) is 4.93. The summed E-state index contributed by atoms with van der Waals surface area (Å²) >= 11 is 0. The molecule has 1 saturated carbocycles. The molecule has 1 saturated heterocycles. The first-order valence-corrected chi connectivity index (χ1v) is 11.6. The second-order valence-corrected chi connectivity index (χ2v) is 9.45. The largest absolute Gasteiger partial charge is 0.508 e. The van der Waals surface area contributed by atoms with Gasteiger partial charge < -0.3 is 25.5 Å². The summed E-state index contributed by atoms with van der Waals surface area (Å²) in [6, 6.07) is 2.34. The number of nitrogens with one attached hydrogen (secondary N) is 1. The molecule has 2 aliphatic rings. The topological polar surface area (TPSA) is 110 Å². The number of aromatic hydroxyl groups is 2. The number of carbonyl (C=O) groups excluding carboxylic acids is 1. The molecule has 1 aromatic carbocycles. The maximum atomic E-state index is 13.0. The van der Waals surface area contributed by atoms with E-state index in [2.05, 4.69) is 5.32 Å². The van der Waals surface area contributed by atoms with Crippen molar-refractivity contribution in [3.63, 3.8) is 0 Å². The Balaban J connectivity index is 1.58. The number of hydrogen-bond acceptors (Lipinski definition) is 5. The fourth-order valence-electron chi connectivity index (χ4n) is 4.93. The summed E-state index contributed by atoms with van der Waals surface area (Å²) in [5.41, 5.74) is 0.832. The molecule has 1 aromatic rings. The minimum atomic E-state index is -0.792. The van der Waals surface area contributed by atoms with Gasteiger partial charge in [0.25, 0.3) is 5.91 Å². The highest BCUT2D eigenvalue weighted by Gasteiger charge is 2.30. The minimum absolute atomic E-state index is 0.00960. The maximum Gasteiger partial charge on any atom is 0.320 e. The molecule has 4 N–H and O–H groups in total. The van der Waals surface area contributed by atoms with Gasteiger partial charge in [-0.3, -0.25) is 9.59 Å². The van der Waals surface area contributed by atoms with Crippen molar-refractivity contribution in [1.82, 2.24) is 10.2 Å². The number of carbonyl (C=O) groups is 2. The van der Waals surface area contributed by atoms with E-state index in [1.165, 1.54) is 25.3 Å². The summed E-state index contributed by atoms with van der Waals surface area (Å²) in [4.78, 5) is 26.5. The Bertz CT molecular complexity index is 780. The lowest BCUT2D eigenvalue weighted by molar-refractivity contribution is -0.140. The van der Waals surface area contributed by atoms with E-state index in [9.17, 15) is 24.9 Å². The average Bonchev–Trinajstić information content (AvgIpc) is 2.74. The summed E-state index contributed by atoms with van der Waals surface area (Å²) in [6.45, 7) is 4.85. The van der Waals surface area contributed by atoms with E-state index in [0.29, 0.717) is 43.8 Å². The molecule has 3 rings (SSSR count). The van der Waals surface area contributed by atoms with E-state index in [4.69, 9.17) is 0 Å². The Morgan fingerprint density at radius 1 is 1.03 bits per heavy atom. The Morgan fingerprint density at radius 2 is 1.68 bits per heavy atom. The molecule has 31 heavy (non-hydrogen) atoms. The third-order valence-electron chi connectivity index (χ3n) is 6.81. The number of piperidine rings is 1. The fraction of sp³-hybridized carbons (Fsp3) is 0.667. The predicted octanol–water partition coefficient (Wildman–Crippen LogP) is 3.84. The molecule has 0 unspecified atom stereocenters. The average molecular weight is 433 g/mol. The molecule has 1 amide bonds. The van der Waals surface area contributed by atoms with E-state index < -0.39 is 12.0 Å². The summed E-state index contributed by atoms with van der Waals surface area (Å²) in [5, 5.41) is 33.2. The number of phenols is 2. The molecule has 2 fully saturated rings. The van der Waals surface area contributed by atoms with Crippen LogP contribution < -0.4 is 5.32 Å². The summed E-state index contributed by atoms with van der Waals surface area (Å²) < 4.78 is 0. The molecule has 1 aliphatic carbocycles. The Labute approximate surface area is 184 Å². The number of nitrogens with zero attached hydrogens (tertiary/aromatic N) is 1. The predicted molar refractivity (Wildman–Crippen MR) is 119 cm³/mol.